The Morgan fingerprint density at radius 2 is 1.61 bits per heavy atom. The molecule has 9 heteroatoms. The monoisotopic (exact) mass is 427 g/mol. The number of amides is 3. The Morgan fingerprint density at radius 3 is 2.19 bits per heavy atom. The van der Waals surface area contributed by atoms with E-state index < -0.39 is 12.1 Å². The molecule has 1 saturated heterocycles. The van der Waals surface area contributed by atoms with E-state index in [0.29, 0.717) is 30.1 Å². The van der Waals surface area contributed by atoms with Gasteiger partial charge in [-0.1, -0.05) is 18.2 Å². The van der Waals surface area contributed by atoms with Crippen molar-refractivity contribution in [1.29, 1.82) is 0 Å². The summed E-state index contributed by atoms with van der Waals surface area (Å²) in [4.78, 5) is 40.8. The van der Waals surface area contributed by atoms with E-state index in [1.54, 1.807) is 59.4 Å². The Labute approximate surface area is 180 Å². The number of urea groups is 1. The fourth-order valence-corrected chi connectivity index (χ4v) is 3.35. The highest BCUT2D eigenvalue weighted by molar-refractivity contribution is 5.92. The largest absolute Gasteiger partial charge is 0.497 e. The first-order valence-electron chi connectivity index (χ1n) is 9.78. The number of methoxy groups -OCH3 is 2. The quantitative estimate of drug-likeness (QED) is 0.737. The van der Waals surface area contributed by atoms with Crippen LogP contribution in [0.4, 0.5) is 15.3 Å². The zero-order valence-corrected chi connectivity index (χ0v) is 17.5. The fourth-order valence-electron chi connectivity index (χ4n) is 3.35. The van der Waals surface area contributed by atoms with Gasteiger partial charge in [-0.15, -0.1) is 0 Å². The zero-order valence-electron chi connectivity index (χ0n) is 17.5. The highest BCUT2D eigenvalue weighted by Gasteiger charge is 2.28. The van der Waals surface area contributed by atoms with Gasteiger partial charge in [-0.25, -0.2) is 14.4 Å². The number of rotatable bonds is 5. The molecule has 0 aromatic heterocycles. The van der Waals surface area contributed by atoms with Gasteiger partial charge in [0.1, 0.15) is 5.75 Å². The molecule has 0 aliphatic carbocycles. The van der Waals surface area contributed by atoms with Gasteiger partial charge in [-0.2, -0.15) is 0 Å². The van der Waals surface area contributed by atoms with Gasteiger partial charge in [-0.3, -0.25) is 4.90 Å². The molecule has 31 heavy (non-hydrogen) atoms. The summed E-state index contributed by atoms with van der Waals surface area (Å²) in [6.45, 7) is 1.42. The Kier molecular flexibility index (Phi) is 6.96. The highest BCUT2D eigenvalue weighted by atomic mass is 16.5. The Hall–Kier alpha value is -3.75. The molecular weight excluding hydrogens is 402 g/mol. The van der Waals surface area contributed by atoms with Gasteiger partial charge in [0, 0.05) is 37.9 Å². The Balaban J connectivity index is 1.83. The third-order valence-electron chi connectivity index (χ3n) is 5.13. The second kappa shape index (κ2) is 9.84. The van der Waals surface area contributed by atoms with Crippen LogP contribution in [0.3, 0.4) is 0 Å². The maximum Gasteiger partial charge on any atom is 0.407 e. The van der Waals surface area contributed by atoms with Crippen LogP contribution in [0.25, 0.3) is 0 Å². The summed E-state index contributed by atoms with van der Waals surface area (Å²) >= 11 is 0. The molecule has 2 aromatic carbocycles. The van der Waals surface area contributed by atoms with Gasteiger partial charge in [0.05, 0.1) is 26.3 Å². The number of benzene rings is 2. The number of anilines is 1. The average molecular weight is 427 g/mol. The van der Waals surface area contributed by atoms with Crippen LogP contribution in [0.2, 0.25) is 0 Å². The summed E-state index contributed by atoms with van der Waals surface area (Å²) in [7, 11) is 2.88. The van der Waals surface area contributed by atoms with E-state index in [-0.39, 0.29) is 25.7 Å². The lowest BCUT2D eigenvalue weighted by Crippen LogP contribution is -2.53. The molecule has 1 aliphatic rings. The first-order valence-corrected chi connectivity index (χ1v) is 9.78. The number of nitrogens with zero attached hydrogens (tertiary/aromatic N) is 3. The number of carbonyl (C=O) groups is 3. The molecule has 164 valence electrons. The molecule has 1 heterocycles. The second-order valence-corrected chi connectivity index (χ2v) is 7.02. The van der Waals surface area contributed by atoms with Crippen molar-refractivity contribution < 1.29 is 29.0 Å². The van der Waals surface area contributed by atoms with Crippen LogP contribution < -0.4 is 9.64 Å². The SMILES string of the molecule is COC(=O)c1ccc(CN(C(=O)N2CCN(C(=O)O)CC2)c2cccc(OC)c2)cc1. The van der Waals surface area contributed by atoms with Crippen molar-refractivity contribution in [2.24, 2.45) is 0 Å². The third-order valence-corrected chi connectivity index (χ3v) is 5.13. The normalized spacial score (nSPS) is 13.5. The number of hydrogen-bond acceptors (Lipinski definition) is 5. The number of carbonyl (C=O) groups excluding carboxylic acids is 2. The summed E-state index contributed by atoms with van der Waals surface area (Å²) in [6.07, 6.45) is -0.984. The fraction of sp³-hybridized carbons (Fsp3) is 0.318. The first-order chi connectivity index (χ1) is 14.9. The Bertz CT molecular complexity index is 939. The van der Waals surface area contributed by atoms with Crippen LogP contribution in [0, 0.1) is 0 Å². The number of hydrogen-bond donors (Lipinski definition) is 1. The van der Waals surface area contributed by atoms with Crippen molar-refractivity contribution >= 4 is 23.8 Å². The minimum absolute atomic E-state index is 0.227. The van der Waals surface area contributed by atoms with Gasteiger partial charge < -0.3 is 24.4 Å². The van der Waals surface area contributed by atoms with Crippen LogP contribution in [-0.2, 0) is 11.3 Å². The minimum Gasteiger partial charge on any atom is -0.497 e. The molecule has 9 nitrogen and oxygen atoms in total. The van der Waals surface area contributed by atoms with E-state index in [2.05, 4.69) is 0 Å². The number of ether oxygens (including phenoxy) is 2. The van der Waals surface area contributed by atoms with Gasteiger partial charge >= 0.3 is 18.1 Å². The summed E-state index contributed by atoms with van der Waals surface area (Å²) in [5.41, 5.74) is 1.91. The average Bonchev–Trinajstić information content (AvgIpc) is 2.82. The molecule has 0 atom stereocenters. The van der Waals surface area contributed by atoms with Gasteiger partial charge in [0.15, 0.2) is 0 Å². The minimum atomic E-state index is -0.984. The van der Waals surface area contributed by atoms with E-state index >= 15 is 0 Å². The van der Waals surface area contributed by atoms with Crippen molar-refractivity contribution in [2.75, 3.05) is 45.3 Å². The molecule has 3 amide bonds. The molecule has 1 N–H and O–H groups in total. The highest BCUT2D eigenvalue weighted by Crippen LogP contribution is 2.25. The molecule has 1 fully saturated rings. The lowest BCUT2D eigenvalue weighted by atomic mass is 10.1. The molecular formula is C22H25N3O6. The first kappa shape index (κ1) is 21.9. The summed E-state index contributed by atoms with van der Waals surface area (Å²) in [5, 5.41) is 9.15. The lowest BCUT2D eigenvalue weighted by molar-refractivity contribution is 0.0600. The summed E-state index contributed by atoms with van der Waals surface area (Å²) in [6, 6.07) is 13.8. The topological polar surface area (TPSA) is 99.6 Å². The predicted molar refractivity (Wildman–Crippen MR) is 114 cm³/mol. The molecule has 2 aromatic rings. The van der Waals surface area contributed by atoms with E-state index in [1.165, 1.54) is 12.0 Å². The van der Waals surface area contributed by atoms with Crippen LogP contribution in [-0.4, -0.2) is 73.4 Å². The lowest BCUT2D eigenvalue weighted by Gasteiger charge is -2.36. The third kappa shape index (κ3) is 5.25. The predicted octanol–water partition coefficient (Wildman–Crippen LogP) is 2.90. The van der Waals surface area contributed by atoms with Crippen molar-refractivity contribution in [2.45, 2.75) is 6.54 Å². The van der Waals surface area contributed by atoms with Crippen LogP contribution >= 0.6 is 0 Å². The van der Waals surface area contributed by atoms with E-state index in [4.69, 9.17) is 14.6 Å². The van der Waals surface area contributed by atoms with Crippen molar-refractivity contribution in [3.8, 4) is 5.75 Å². The number of esters is 1. The van der Waals surface area contributed by atoms with Gasteiger partial charge in [0.2, 0.25) is 0 Å². The number of piperazine rings is 1. The zero-order chi connectivity index (χ0) is 22.4. The van der Waals surface area contributed by atoms with Crippen molar-refractivity contribution in [3.63, 3.8) is 0 Å². The van der Waals surface area contributed by atoms with Crippen LogP contribution in [0.15, 0.2) is 48.5 Å². The molecule has 0 radical (unpaired) electrons. The van der Waals surface area contributed by atoms with Gasteiger partial charge in [0.25, 0.3) is 0 Å². The van der Waals surface area contributed by atoms with Crippen molar-refractivity contribution in [1.82, 2.24) is 9.80 Å². The summed E-state index contributed by atoms with van der Waals surface area (Å²) < 4.78 is 10.0. The standard InChI is InChI=1S/C22H25N3O6/c1-30-19-5-3-4-18(14-19)25(15-16-6-8-17(9-7-16)20(26)31-2)21(27)23-10-12-24(13-11-23)22(28)29/h3-9,14H,10-13,15H2,1-2H3,(H,28,29). The molecule has 3 rings (SSSR count). The Morgan fingerprint density at radius 1 is 0.968 bits per heavy atom. The number of carboxylic acid groups (broad SMARTS) is 1. The molecule has 0 saturated carbocycles. The molecule has 0 bridgehead atoms. The smallest absolute Gasteiger partial charge is 0.407 e. The second-order valence-electron chi connectivity index (χ2n) is 7.02. The van der Waals surface area contributed by atoms with Crippen LogP contribution in [0.5, 0.6) is 5.75 Å². The van der Waals surface area contributed by atoms with E-state index in [1.807, 2.05) is 6.07 Å². The van der Waals surface area contributed by atoms with Gasteiger partial charge in [-0.05, 0) is 29.8 Å². The van der Waals surface area contributed by atoms with Crippen LogP contribution in [0.1, 0.15) is 15.9 Å². The maximum absolute atomic E-state index is 13.4. The van der Waals surface area contributed by atoms with E-state index in [9.17, 15) is 14.4 Å². The summed E-state index contributed by atoms with van der Waals surface area (Å²) in [5.74, 6) is 0.190. The molecule has 0 spiro atoms. The molecule has 0 unspecified atom stereocenters. The molecule has 1 aliphatic heterocycles. The van der Waals surface area contributed by atoms with Crippen molar-refractivity contribution in [3.05, 3.63) is 59.7 Å². The van der Waals surface area contributed by atoms with E-state index in [0.717, 1.165) is 5.56 Å². The maximum atomic E-state index is 13.4.